The van der Waals surface area contributed by atoms with E-state index in [0.29, 0.717) is 18.1 Å². The van der Waals surface area contributed by atoms with Crippen LogP contribution in [0, 0.1) is 12.8 Å². The molecule has 212 valence electrons. The van der Waals surface area contributed by atoms with Gasteiger partial charge in [-0.1, -0.05) is 44.2 Å². The van der Waals surface area contributed by atoms with Crippen molar-refractivity contribution in [2.24, 2.45) is 5.92 Å². The van der Waals surface area contributed by atoms with Crippen molar-refractivity contribution in [3.63, 3.8) is 0 Å². The Labute approximate surface area is 232 Å². The van der Waals surface area contributed by atoms with Gasteiger partial charge in [-0.05, 0) is 31.7 Å². The lowest BCUT2D eigenvalue weighted by molar-refractivity contribution is -0.129. The molecule has 0 saturated carbocycles. The average Bonchev–Trinajstić information content (AvgIpc) is 3.56. The van der Waals surface area contributed by atoms with Crippen LogP contribution in [0.1, 0.15) is 54.4 Å². The van der Waals surface area contributed by atoms with E-state index in [-0.39, 0.29) is 31.1 Å². The number of fused-ring (bicyclic) bond motifs is 1. The highest BCUT2D eigenvalue weighted by molar-refractivity contribution is 5.96. The van der Waals surface area contributed by atoms with Gasteiger partial charge >= 0.3 is 0 Å². The second kappa shape index (κ2) is 12.5. The van der Waals surface area contributed by atoms with Crippen LogP contribution in [0.25, 0.3) is 0 Å². The number of hydrogen-bond acceptors (Lipinski definition) is 7. The molecule has 0 unspecified atom stereocenters. The van der Waals surface area contributed by atoms with Crippen molar-refractivity contribution in [3.05, 3.63) is 65.5 Å². The van der Waals surface area contributed by atoms with E-state index in [4.69, 9.17) is 0 Å². The highest BCUT2D eigenvalue weighted by Gasteiger charge is 2.30. The Kier molecular flexibility index (Phi) is 8.92. The average molecular weight is 550 g/mol. The summed E-state index contributed by atoms with van der Waals surface area (Å²) in [6, 6.07) is 7.59. The number of benzene rings is 1. The molecule has 0 spiro atoms. The molecule has 3 atom stereocenters. The van der Waals surface area contributed by atoms with Gasteiger partial charge in [-0.25, -0.2) is 9.67 Å². The molecule has 1 aliphatic heterocycles. The van der Waals surface area contributed by atoms with Gasteiger partial charge in [-0.2, -0.15) is 10.2 Å². The number of nitrogens with zero attached hydrogens (tertiary/aromatic N) is 5. The molecule has 4 rings (SSSR count). The van der Waals surface area contributed by atoms with E-state index in [0.717, 1.165) is 5.56 Å². The lowest BCUT2D eigenvalue weighted by atomic mass is 10.0. The van der Waals surface area contributed by atoms with Crippen LogP contribution in [0.5, 0.6) is 0 Å². The maximum Gasteiger partial charge on any atom is 0.257 e. The number of rotatable bonds is 4. The maximum absolute atomic E-state index is 13.5. The molecule has 1 aliphatic rings. The second-order valence-electron chi connectivity index (χ2n) is 10.3. The molecule has 13 heteroatoms. The normalized spacial score (nSPS) is 21.1. The van der Waals surface area contributed by atoms with Crippen molar-refractivity contribution >= 4 is 23.6 Å². The monoisotopic (exact) mass is 549 g/mol. The molecule has 0 radical (unpaired) electrons. The van der Waals surface area contributed by atoms with Crippen LogP contribution >= 0.6 is 0 Å². The standard InChI is InChI=1S/C27H35N9O4/c1-16(2)22-13-35(27(40)20-11-28-29-12-20)14-23(37)32-21(10-19-8-6-5-7-9-19)25-31-18(4)34-36(25)15-24(38)30-17(3)26(39)33-22/h5-9,11-12,16-17,21-22H,10,13-15H2,1-4H3,(H,28,29)(H,30,38)(H,32,37)(H,33,39)/t17-,21+,22-/m1/s1. The lowest BCUT2D eigenvalue weighted by Crippen LogP contribution is -2.54. The van der Waals surface area contributed by atoms with Crippen LogP contribution in [0.3, 0.4) is 0 Å². The first-order valence-electron chi connectivity index (χ1n) is 13.2. The summed E-state index contributed by atoms with van der Waals surface area (Å²) in [6.45, 7) is 6.72. The third-order valence-electron chi connectivity index (χ3n) is 6.72. The molecule has 4 amide bonds. The quantitative estimate of drug-likeness (QED) is 0.368. The van der Waals surface area contributed by atoms with E-state index in [1.165, 1.54) is 22.0 Å². The van der Waals surface area contributed by atoms with Crippen LogP contribution in [0.2, 0.25) is 0 Å². The van der Waals surface area contributed by atoms with Gasteiger partial charge in [0.15, 0.2) is 5.82 Å². The van der Waals surface area contributed by atoms with Crippen molar-refractivity contribution in [3.8, 4) is 0 Å². The summed E-state index contributed by atoms with van der Waals surface area (Å²) in [4.78, 5) is 58.8. The molecule has 40 heavy (non-hydrogen) atoms. The van der Waals surface area contributed by atoms with Crippen LogP contribution in [0.15, 0.2) is 42.7 Å². The number of hydrogen-bond donors (Lipinski definition) is 4. The number of carbonyl (C=O) groups excluding carboxylic acids is 4. The lowest BCUT2D eigenvalue weighted by Gasteiger charge is -2.31. The molecule has 0 bridgehead atoms. The summed E-state index contributed by atoms with van der Waals surface area (Å²) in [5.74, 6) is -0.915. The minimum absolute atomic E-state index is 0.0696. The number of aromatic amines is 1. The Morgan fingerprint density at radius 3 is 2.45 bits per heavy atom. The number of aryl methyl sites for hydroxylation is 1. The summed E-state index contributed by atoms with van der Waals surface area (Å²) >= 11 is 0. The third-order valence-corrected chi connectivity index (χ3v) is 6.72. The van der Waals surface area contributed by atoms with Crippen LogP contribution in [-0.2, 0) is 27.3 Å². The second-order valence-corrected chi connectivity index (χ2v) is 10.3. The van der Waals surface area contributed by atoms with Gasteiger partial charge in [0, 0.05) is 18.8 Å². The SMILES string of the molecule is Cc1nc2n(n1)CC(=O)N[C@H](C)C(=O)N[C@@H](C(C)C)CN(C(=O)c1cn[nH]c1)CC(=O)N[C@H]2Cc1ccccc1. The van der Waals surface area contributed by atoms with E-state index in [9.17, 15) is 19.2 Å². The summed E-state index contributed by atoms with van der Waals surface area (Å²) in [5.41, 5.74) is 1.23. The van der Waals surface area contributed by atoms with Gasteiger partial charge in [0.2, 0.25) is 17.7 Å². The molecule has 3 heterocycles. The first-order chi connectivity index (χ1) is 19.1. The van der Waals surface area contributed by atoms with Gasteiger partial charge in [0.1, 0.15) is 18.4 Å². The molecule has 0 aliphatic carbocycles. The predicted octanol–water partition coefficient (Wildman–Crippen LogP) is 0.511. The van der Waals surface area contributed by atoms with Gasteiger partial charge in [-0.15, -0.1) is 0 Å². The highest BCUT2D eigenvalue weighted by Crippen LogP contribution is 2.18. The number of carbonyl (C=O) groups is 4. The van der Waals surface area contributed by atoms with Crippen molar-refractivity contribution in [1.29, 1.82) is 0 Å². The van der Waals surface area contributed by atoms with Gasteiger partial charge < -0.3 is 20.9 Å². The number of aromatic nitrogens is 5. The van der Waals surface area contributed by atoms with Crippen molar-refractivity contribution in [2.75, 3.05) is 13.1 Å². The van der Waals surface area contributed by atoms with E-state index >= 15 is 0 Å². The summed E-state index contributed by atoms with van der Waals surface area (Å²) < 4.78 is 1.44. The molecule has 0 saturated heterocycles. The maximum atomic E-state index is 13.5. The van der Waals surface area contributed by atoms with Crippen LogP contribution < -0.4 is 16.0 Å². The summed E-state index contributed by atoms with van der Waals surface area (Å²) in [5, 5.41) is 19.5. The molecule has 2 aromatic heterocycles. The molecular weight excluding hydrogens is 514 g/mol. The van der Waals surface area contributed by atoms with Crippen LogP contribution in [-0.4, -0.2) is 78.7 Å². The zero-order valence-corrected chi connectivity index (χ0v) is 23.0. The minimum atomic E-state index is -0.843. The molecule has 1 aromatic carbocycles. The Balaban J connectivity index is 1.73. The zero-order valence-electron chi connectivity index (χ0n) is 23.0. The van der Waals surface area contributed by atoms with Crippen molar-refractivity contribution in [1.82, 2.24) is 45.8 Å². The molecule has 13 nitrogen and oxygen atoms in total. The molecule has 4 N–H and O–H groups in total. The largest absolute Gasteiger partial charge is 0.350 e. The van der Waals surface area contributed by atoms with E-state index in [1.807, 2.05) is 44.2 Å². The van der Waals surface area contributed by atoms with E-state index < -0.39 is 41.8 Å². The Hall–Kier alpha value is -4.55. The summed E-state index contributed by atoms with van der Waals surface area (Å²) in [7, 11) is 0. The van der Waals surface area contributed by atoms with E-state index in [2.05, 4.69) is 36.2 Å². The Morgan fingerprint density at radius 1 is 1.05 bits per heavy atom. The van der Waals surface area contributed by atoms with Gasteiger partial charge in [-0.3, -0.25) is 24.3 Å². The molecular formula is C27H35N9O4. The number of nitrogens with one attached hydrogen (secondary N) is 4. The molecule has 0 fully saturated rings. The first-order valence-corrected chi connectivity index (χ1v) is 13.2. The molecule has 3 aromatic rings. The van der Waals surface area contributed by atoms with Crippen molar-refractivity contribution < 1.29 is 19.2 Å². The van der Waals surface area contributed by atoms with E-state index in [1.54, 1.807) is 13.8 Å². The predicted molar refractivity (Wildman–Crippen MR) is 145 cm³/mol. The van der Waals surface area contributed by atoms with Crippen LogP contribution in [0.4, 0.5) is 0 Å². The zero-order chi connectivity index (χ0) is 28.8. The number of amides is 4. The summed E-state index contributed by atoms with van der Waals surface area (Å²) in [6.07, 6.45) is 3.23. The van der Waals surface area contributed by atoms with Gasteiger partial charge in [0.25, 0.3) is 5.91 Å². The Morgan fingerprint density at radius 2 is 1.77 bits per heavy atom. The fourth-order valence-corrected chi connectivity index (χ4v) is 4.54. The Bertz CT molecular complexity index is 1340. The highest BCUT2D eigenvalue weighted by atomic mass is 16.2. The smallest absolute Gasteiger partial charge is 0.257 e. The fourth-order valence-electron chi connectivity index (χ4n) is 4.54. The fraction of sp³-hybridized carbons (Fsp3) is 0.444. The van der Waals surface area contributed by atoms with Gasteiger partial charge in [0.05, 0.1) is 24.3 Å². The third kappa shape index (κ3) is 7.10. The topological polar surface area (TPSA) is 167 Å². The minimum Gasteiger partial charge on any atom is -0.350 e. The van der Waals surface area contributed by atoms with Crippen molar-refractivity contribution in [2.45, 2.75) is 58.8 Å². The number of H-pyrrole nitrogens is 1. The first kappa shape index (κ1) is 28.5.